The minimum atomic E-state index is -0.263. The zero-order chi connectivity index (χ0) is 19.8. The van der Waals surface area contributed by atoms with Crippen LogP contribution in [0.2, 0.25) is 0 Å². The van der Waals surface area contributed by atoms with Crippen molar-refractivity contribution in [1.82, 2.24) is 14.1 Å². The van der Waals surface area contributed by atoms with Gasteiger partial charge in [0.05, 0.1) is 19.6 Å². The van der Waals surface area contributed by atoms with Gasteiger partial charge >= 0.3 is 11.6 Å². The Morgan fingerprint density at radius 1 is 1.18 bits per heavy atom. The smallest absolute Gasteiger partial charge is 0.267 e. The summed E-state index contributed by atoms with van der Waals surface area (Å²) >= 11 is 0. The second-order valence-electron chi connectivity index (χ2n) is 8.02. The number of aromatic amines is 1. The highest BCUT2D eigenvalue weighted by atomic mass is 16.2. The van der Waals surface area contributed by atoms with Crippen molar-refractivity contribution in [3.8, 4) is 0 Å². The van der Waals surface area contributed by atoms with Crippen molar-refractivity contribution < 1.29 is 4.57 Å². The number of imidazole rings is 1. The van der Waals surface area contributed by atoms with Gasteiger partial charge in [-0.1, -0.05) is 44.2 Å². The summed E-state index contributed by atoms with van der Waals surface area (Å²) in [5.74, 6) is 1.15. The Morgan fingerprint density at radius 3 is 2.64 bits per heavy atom. The molecule has 3 heterocycles. The van der Waals surface area contributed by atoms with Crippen LogP contribution in [-0.4, -0.2) is 27.2 Å². The fourth-order valence-electron chi connectivity index (χ4n) is 4.06. The van der Waals surface area contributed by atoms with Crippen molar-refractivity contribution >= 4 is 17.1 Å². The predicted octanol–water partition coefficient (Wildman–Crippen LogP) is 1.42. The van der Waals surface area contributed by atoms with Gasteiger partial charge in [0, 0.05) is 26.4 Å². The Kier molecular flexibility index (Phi) is 4.83. The van der Waals surface area contributed by atoms with Gasteiger partial charge in [-0.2, -0.15) is 0 Å². The molecule has 28 heavy (non-hydrogen) atoms. The maximum atomic E-state index is 13.1. The number of aromatic nitrogens is 4. The van der Waals surface area contributed by atoms with Gasteiger partial charge in [-0.05, 0) is 11.5 Å². The largest absolute Gasteiger partial charge is 0.359 e. The maximum Gasteiger partial charge on any atom is 0.359 e. The molecule has 2 aromatic heterocycles. The number of hydrogen-bond acceptors (Lipinski definition) is 3. The van der Waals surface area contributed by atoms with Crippen molar-refractivity contribution in [3.63, 3.8) is 0 Å². The number of H-pyrrole nitrogens is 1. The van der Waals surface area contributed by atoms with E-state index in [2.05, 4.69) is 38.7 Å². The van der Waals surface area contributed by atoms with E-state index in [1.807, 2.05) is 19.9 Å². The third kappa shape index (κ3) is 3.15. The van der Waals surface area contributed by atoms with Crippen LogP contribution in [0.1, 0.15) is 25.8 Å². The first-order valence-electron chi connectivity index (χ1n) is 10.0. The Labute approximate surface area is 163 Å². The number of nitrogens with zero attached hydrogens (tertiary/aromatic N) is 4. The number of aryl methyl sites for hydroxylation is 2. The quantitative estimate of drug-likeness (QED) is 0.679. The summed E-state index contributed by atoms with van der Waals surface area (Å²) < 4.78 is 5.00. The molecular weight excluding hydrogens is 354 g/mol. The third-order valence-electron chi connectivity index (χ3n) is 5.45. The van der Waals surface area contributed by atoms with E-state index in [4.69, 9.17) is 0 Å². The highest BCUT2D eigenvalue weighted by Gasteiger charge is 2.32. The molecule has 0 radical (unpaired) electrons. The maximum absolute atomic E-state index is 13.1. The molecule has 0 unspecified atom stereocenters. The number of rotatable bonds is 5. The van der Waals surface area contributed by atoms with Crippen molar-refractivity contribution in [2.24, 2.45) is 13.0 Å². The summed E-state index contributed by atoms with van der Waals surface area (Å²) in [4.78, 5) is 31.5. The van der Waals surface area contributed by atoms with Crippen molar-refractivity contribution in [2.75, 3.05) is 18.0 Å². The Hall–Kier alpha value is -2.83. The van der Waals surface area contributed by atoms with Gasteiger partial charge < -0.3 is 0 Å². The summed E-state index contributed by atoms with van der Waals surface area (Å²) in [5.41, 5.74) is 2.04. The van der Waals surface area contributed by atoms with E-state index in [-0.39, 0.29) is 17.2 Å². The van der Waals surface area contributed by atoms with E-state index in [1.54, 1.807) is 11.6 Å². The average Bonchev–Trinajstić information content (AvgIpc) is 3.09. The Bertz CT molecular complexity index is 1110. The SMILES string of the molecule is CC(C)Cn1c(=O)c2c([nH]c3[n+]2CCCN3CCc2ccccc2)n(C)c1=O. The molecule has 7 heteroatoms. The first-order valence-corrected chi connectivity index (χ1v) is 10.0. The van der Waals surface area contributed by atoms with Gasteiger partial charge in [0.15, 0.2) is 0 Å². The highest BCUT2D eigenvalue weighted by Crippen LogP contribution is 2.17. The van der Waals surface area contributed by atoms with Gasteiger partial charge in [0.1, 0.15) is 0 Å². The van der Waals surface area contributed by atoms with Crippen molar-refractivity contribution in [1.29, 1.82) is 0 Å². The summed E-state index contributed by atoms with van der Waals surface area (Å²) in [6.07, 6.45) is 1.92. The Morgan fingerprint density at radius 2 is 1.93 bits per heavy atom. The van der Waals surface area contributed by atoms with E-state index < -0.39 is 0 Å². The van der Waals surface area contributed by atoms with Gasteiger partial charge in [-0.25, -0.2) is 14.3 Å². The molecule has 0 fully saturated rings. The van der Waals surface area contributed by atoms with Crippen molar-refractivity contribution in [3.05, 3.63) is 56.7 Å². The van der Waals surface area contributed by atoms with Gasteiger partial charge in [0.25, 0.3) is 5.56 Å². The lowest BCUT2D eigenvalue weighted by molar-refractivity contribution is -0.663. The monoisotopic (exact) mass is 382 g/mol. The number of benzene rings is 1. The molecule has 1 aromatic carbocycles. The standard InChI is InChI=1S/C21H27N5O2/c1-15(2)14-26-19(27)17-18(23(3)21(26)28)22-20-24(11-7-12-25(17)20)13-10-16-8-5-4-6-9-16/h4-6,8-9,15H,7,10-14H2,1-3H3/p+1. The third-order valence-corrected chi connectivity index (χ3v) is 5.45. The molecule has 0 bridgehead atoms. The topological polar surface area (TPSA) is 66.9 Å². The van der Waals surface area contributed by atoms with Crippen LogP contribution >= 0.6 is 0 Å². The van der Waals surface area contributed by atoms with Crippen LogP contribution in [0.15, 0.2) is 39.9 Å². The molecule has 3 aromatic rings. The number of hydrogen-bond donors (Lipinski definition) is 1. The fraction of sp³-hybridized carbons (Fsp3) is 0.476. The summed E-state index contributed by atoms with van der Waals surface area (Å²) in [6.45, 7) is 7.05. The van der Waals surface area contributed by atoms with Gasteiger partial charge in [-0.15, -0.1) is 0 Å². The molecule has 1 N–H and O–H groups in total. The molecule has 1 aliphatic heterocycles. The molecule has 0 saturated carbocycles. The zero-order valence-corrected chi connectivity index (χ0v) is 16.8. The molecule has 0 aliphatic carbocycles. The summed E-state index contributed by atoms with van der Waals surface area (Å²) in [7, 11) is 1.73. The molecule has 0 atom stereocenters. The normalized spacial score (nSPS) is 14.1. The van der Waals surface area contributed by atoms with Gasteiger partial charge in [0.2, 0.25) is 11.2 Å². The van der Waals surface area contributed by atoms with Crippen LogP contribution in [-0.2, 0) is 26.6 Å². The molecule has 0 saturated heterocycles. The number of fused-ring (bicyclic) bond motifs is 3. The average molecular weight is 382 g/mol. The molecular formula is C21H28N5O2+. The van der Waals surface area contributed by atoms with Crippen LogP contribution in [0.3, 0.4) is 0 Å². The van der Waals surface area contributed by atoms with E-state index in [1.165, 1.54) is 10.1 Å². The molecule has 7 nitrogen and oxygen atoms in total. The molecule has 148 valence electrons. The predicted molar refractivity (Wildman–Crippen MR) is 110 cm³/mol. The first-order chi connectivity index (χ1) is 13.5. The molecule has 0 amide bonds. The number of nitrogens with one attached hydrogen (secondary N) is 1. The summed E-state index contributed by atoms with van der Waals surface area (Å²) in [6, 6.07) is 10.4. The molecule has 1 aliphatic rings. The van der Waals surface area contributed by atoms with E-state index in [9.17, 15) is 9.59 Å². The van der Waals surface area contributed by atoms with Crippen molar-refractivity contribution in [2.45, 2.75) is 39.8 Å². The Balaban J connectivity index is 1.77. The fourth-order valence-corrected chi connectivity index (χ4v) is 4.06. The molecule has 0 spiro atoms. The lowest BCUT2D eigenvalue weighted by Gasteiger charge is -2.22. The van der Waals surface area contributed by atoms with Crippen LogP contribution in [0.5, 0.6) is 0 Å². The molecule has 4 rings (SSSR count). The second-order valence-corrected chi connectivity index (χ2v) is 8.02. The second kappa shape index (κ2) is 7.30. The zero-order valence-electron chi connectivity index (χ0n) is 16.8. The lowest BCUT2D eigenvalue weighted by Crippen LogP contribution is -2.51. The minimum Gasteiger partial charge on any atom is -0.267 e. The lowest BCUT2D eigenvalue weighted by atomic mass is 10.1. The van der Waals surface area contributed by atoms with Crippen LogP contribution < -0.4 is 20.7 Å². The first kappa shape index (κ1) is 18.5. The van der Waals surface area contributed by atoms with Gasteiger partial charge in [-0.3, -0.25) is 18.8 Å². The number of anilines is 1. The van der Waals surface area contributed by atoms with E-state index in [0.717, 1.165) is 38.4 Å². The van der Waals surface area contributed by atoms with E-state index in [0.29, 0.717) is 17.7 Å². The highest BCUT2D eigenvalue weighted by molar-refractivity contribution is 5.68. The van der Waals surface area contributed by atoms with Crippen LogP contribution in [0.4, 0.5) is 5.95 Å². The van der Waals surface area contributed by atoms with E-state index >= 15 is 0 Å². The summed E-state index contributed by atoms with van der Waals surface area (Å²) in [5, 5.41) is 0. The van der Waals surface area contributed by atoms with Crippen LogP contribution in [0.25, 0.3) is 11.2 Å². The van der Waals surface area contributed by atoms with Crippen LogP contribution in [0, 0.1) is 5.92 Å². The minimum absolute atomic E-state index is 0.195.